The third-order valence-electron chi connectivity index (χ3n) is 4.07. The Bertz CT molecular complexity index is 1000. The summed E-state index contributed by atoms with van der Waals surface area (Å²) in [6.07, 6.45) is 0. The van der Waals surface area contributed by atoms with E-state index < -0.39 is 27.8 Å². The van der Waals surface area contributed by atoms with Crippen LogP contribution in [0.15, 0.2) is 42.5 Å². The molecule has 0 aliphatic carbocycles. The molecule has 8 heteroatoms. The van der Waals surface area contributed by atoms with Gasteiger partial charge in [0.2, 0.25) is 15.9 Å². The van der Waals surface area contributed by atoms with Gasteiger partial charge in [0.15, 0.2) is 0 Å². The van der Waals surface area contributed by atoms with Crippen LogP contribution in [0.4, 0.5) is 11.4 Å². The number of aryl methyl sites for hydroxylation is 1. The second kappa shape index (κ2) is 6.74. The topological polar surface area (TPSA) is 83.6 Å². The Morgan fingerprint density at radius 3 is 2.58 bits per heavy atom. The quantitative estimate of drug-likeness (QED) is 0.869. The molecule has 1 aliphatic rings. The molecule has 1 unspecified atom stereocenters. The standard InChI is InChI=1S/C18H17ClN2O4S/c1-11-4-3-5-13(8-11)20-17(22)15-9-14(6-7-16(15)19)21-18(23)12(2)10-26(21,24)25/h3-9,12H,10H2,1-2H3,(H,20,22). The molecule has 6 nitrogen and oxygen atoms in total. The number of carbonyl (C=O) groups is 2. The number of carbonyl (C=O) groups excluding carboxylic acids is 2. The summed E-state index contributed by atoms with van der Waals surface area (Å²) in [7, 11) is -3.75. The number of hydrogen-bond donors (Lipinski definition) is 1. The molecule has 1 aliphatic heterocycles. The van der Waals surface area contributed by atoms with Gasteiger partial charge in [0.25, 0.3) is 5.91 Å². The van der Waals surface area contributed by atoms with Crippen molar-refractivity contribution in [1.82, 2.24) is 0 Å². The number of hydrogen-bond acceptors (Lipinski definition) is 4. The first kappa shape index (κ1) is 18.4. The minimum Gasteiger partial charge on any atom is -0.322 e. The highest BCUT2D eigenvalue weighted by molar-refractivity contribution is 7.94. The van der Waals surface area contributed by atoms with Crippen LogP contribution < -0.4 is 9.62 Å². The second-order valence-corrected chi connectivity index (χ2v) is 8.54. The molecule has 2 amide bonds. The summed E-state index contributed by atoms with van der Waals surface area (Å²) >= 11 is 6.12. The Kier molecular flexibility index (Phi) is 4.77. The zero-order chi connectivity index (χ0) is 19.1. The van der Waals surface area contributed by atoms with Gasteiger partial charge in [-0.05, 0) is 42.8 Å². The number of sulfonamides is 1. The van der Waals surface area contributed by atoms with E-state index in [9.17, 15) is 18.0 Å². The Labute approximate surface area is 156 Å². The van der Waals surface area contributed by atoms with E-state index >= 15 is 0 Å². The van der Waals surface area contributed by atoms with Crippen molar-refractivity contribution in [2.45, 2.75) is 13.8 Å². The highest BCUT2D eigenvalue weighted by atomic mass is 35.5. The van der Waals surface area contributed by atoms with Crippen LogP contribution in [-0.2, 0) is 14.8 Å². The van der Waals surface area contributed by atoms with E-state index in [4.69, 9.17) is 11.6 Å². The van der Waals surface area contributed by atoms with E-state index in [1.54, 1.807) is 25.1 Å². The van der Waals surface area contributed by atoms with E-state index in [0.29, 0.717) is 5.69 Å². The van der Waals surface area contributed by atoms with Crippen molar-refractivity contribution in [3.05, 3.63) is 58.6 Å². The van der Waals surface area contributed by atoms with Crippen LogP contribution in [0.25, 0.3) is 0 Å². The van der Waals surface area contributed by atoms with Crippen molar-refractivity contribution in [1.29, 1.82) is 0 Å². The van der Waals surface area contributed by atoms with Gasteiger partial charge in [-0.3, -0.25) is 9.59 Å². The Hall–Kier alpha value is -2.38. The van der Waals surface area contributed by atoms with E-state index in [0.717, 1.165) is 9.87 Å². The summed E-state index contributed by atoms with van der Waals surface area (Å²) in [5.74, 6) is -1.88. The molecule has 3 rings (SSSR count). The van der Waals surface area contributed by atoms with Gasteiger partial charge < -0.3 is 5.32 Å². The normalized spacial score (nSPS) is 18.8. The van der Waals surface area contributed by atoms with Crippen LogP contribution in [-0.4, -0.2) is 26.0 Å². The van der Waals surface area contributed by atoms with Gasteiger partial charge in [-0.15, -0.1) is 0 Å². The molecular formula is C18H17ClN2O4S. The van der Waals surface area contributed by atoms with Crippen molar-refractivity contribution in [3.8, 4) is 0 Å². The lowest BCUT2D eigenvalue weighted by Gasteiger charge is -2.17. The molecule has 2 aromatic rings. The molecule has 0 bridgehead atoms. The summed E-state index contributed by atoms with van der Waals surface area (Å²) in [6.45, 7) is 3.45. The smallest absolute Gasteiger partial charge is 0.257 e. The van der Waals surface area contributed by atoms with Gasteiger partial charge in [-0.1, -0.05) is 30.7 Å². The van der Waals surface area contributed by atoms with Gasteiger partial charge in [0.05, 0.1) is 27.9 Å². The van der Waals surface area contributed by atoms with Crippen LogP contribution >= 0.6 is 11.6 Å². The summed E-state index contributed by atoms with van der Waals surface area (Å²) in [5, 5.41) is 2.89. The molecule has 0 saturated carbocycles. The van der Waals surface area contributed by atoms with Crippen LogP contribution in [0.5, 0.6) is 0 Å². The van der Waals surface area contributed by atoms with Gasteiger partial charge in [0.1, 0.15) is 0 Å². The summed E-state index contributed by atoms with van der Waals surface area (Å²) in [6, 6.07) is 11.4. The predicted molar refractivity (Wildman–Crippen MR) is 101 cm³/mol. The zero-order valence-corrected chi connectivity index (χ0v) is 15.8. The predicted octanol–water partition coefficient (Wildman–Crippen LogP) is 3.21. The fourth-order valence-electron chi connectivity index (χ4n) is 2.82. The summed E-state index contributed by atoms with van der Waals surface area (Å²) in [4.78, 5) is 24.8. The molecule has 1 heterocycles. The van der Waals surface area contributed by atoms with Gasteiger partial charge in [-0.25, -0.2) is 12.7 Å². The van der Waals surface area contributed by atoms with Crippen molar-refractivity contribution < 1.29 is 18.0 Å². The largest absolute Gasteiger partial charge is 0.322 e. The summed E-state index contributed by atoms with van der Waals surface area (Å²) < 4.78 is 25.2. The van der Waals surface area contributed by atoms with Crippen LogP contribution in [0.1, 0.15) is 22.8 Å². The molecular weight excluding hydrogens is 376 g/mol. The van der Waals surface area contributed by atoms with Crippen LogP contribution in [0.2, 0.25) is 5.02 Å². The fraction of sp³-hybridized carbons (Fsp3) is 0.222. The van der Waals surface area contributed by atoms with Crippen molar-refractivity contribution >= 4 is 44.8 Å². The third kappa shape index (κ3) is 3.45. The maximum Gasteiger partial charge on any atom is 0.257 e. The lowest BCUT2D eigenvalue weighted by atomic mass is 10.1. The third-order valence-corrected chi connectivity index (χ3v) is 6.26. The Morgan fingerprint density at radius 2 is 1.96 bits per heavy atom. The number of rotatable bonds is 3. The lowest BCUT2D eigenvalue weighted by Crippen LogP contribution is -2.30. The summed E-state index contributed by atoms with van der Waals surface area (Å²) in [5.41, 5.74) is 1.77. The van der Waals surface area contributed by atoms with E-state index in [1.807, 2.05) is 13.0 Å². The fourth-order valence-corrected chi connectivity index (χ4v) is 4.84. The first-order chi connectivity index (χ1) is 12.2. The number of nitrogens with one attached hydrogen (secondary N) is 1. The van der Waals surface area contributed by atoms with E-state index in [2.05, 4.69) is 5.32 Å². The first-order valence-corrected chi connectivity index (χ1v) is 9.92. The molecule has 1 atom stereocenters. The minimum atomic E-state index is -3.75. The molecule has 1 saturated heterocycles. The van der Waals surface area contributed by atoms with Crippen molar-refractivity contribution in [3.63, 3.8) is 0 Å². The zero-order valence-electron chi connectivity index (χ0n) is 14.2. The Balaban J connectivity index is 1.95. The monoisotopic (exact) mass is 392 g/mol. The average Bonchev–Trinajstić information content (AvgIpc) is 2.76. The molecule has 0 radical (unpaired) electrons. The molecule has 26 heavy (non-hydrogen) atoms. The second-order valence-electron chi connectivity index (χ2n) is 6.27. The number of amides is 2. The molecule has 0 aromatic heterocycles. The average molecular weight is 393 g/mol. The van der Waals surface area contributed by atoms with Crippen molar-refractivity contribution in [2.24, 2.45) is 5.92 Å². The van der Waals surface area contributed by atoms with Gasteiger partial charge >= 0.3 is 0 Å². The number of anilines is 2. The molecule has 2 aromatic carbocycles. The highest BCUT2D eigenvalue weighted by Gasteiger charge is 2.42. The minimum absolute atomic E-state index is 0.0909. The number of nitrogens with zero attached hydrogens (tertiary/aromatic N) is 1. The van der Waals surface area contributed by atoms with Gasteiger partial charge in [-0.2, -0.15) is 0 Å². The maximum atomic E-state index is 12.6. The number of benzene rings is 2. The lowest BCUT2D eigenvalue weighted by molar-refractivity contribution is -0.119. The molecule has 1 N–H and O–H groups in total. The Morgan fingerprint density at radius 1 is 1.23 bits per heavy atom. The molecule has 1 fully saturated rings. The van der Waals surface area contributed by atoms with Crippen LogP contribution in [0, 0.1) is 12.8 Å². The number of halogens is 1. The first-order valence-electron chi connectivity index (χ1n) is 7.93. The van der Waals surface area contributed by atoms with E-state index in [1.165, 1.54) is 18.2 Å². The highest BCUT2D eigenvalue weighted by Crippen LogP contribution is 2.31. The van der Waals surface area contributed by atoms with E-state index in [-0.39, 0.29) is 22.0 Å². The SMILES string of the molecule is Cc1cccc(NC(=O)c2cc(N3C(=O)C(C)CS3(=O)=O)ccc2Cl)c1. The van der Waals surface area contributed by atoms with Crippen LogP contribution in [0.3, 0.4) is 0 Å². The molecule has 0 spiro atoms. The molecule has 136 valence electrons. The maximum absolute atomic E-state index is 12.6. The van der Waals surface area contributed by atoms with Gasteiger partial charge in [0, 0.05) is 5.69 Å². The van der Waals surface area contributed by atoms with Crippen molar-refractivity contribution in [2.75, 3.05) is 15.4 Å².